The summed E-state index contributed by atoms with van der Waals surface area (Å²) < 4.78 is 53.6. The molecule has 0 saturated heterocycles. The number of fused-ring (bicyclic) bond motifs is 2. The number of nitrogens with one attached hydrogen (secondary N) is 2. The molecule has 1 atom stereocenters. The number of nitrogens with zero attached hydrogens (tertiary/aromatic N) is 3. The van der Waals surface area contributed by atoms with E-state index in [0.29, 0.717) is 51.1 Å². The average molecular weight is 574 g/mol. The number of anilines is 2. The van der Waals surface area contributed by atoms with Crippen molar-refractivity contribution in [1.29, 1.82) is 5.26 Å². The Morgan fingerprint density at radius 2 is 1.95 bits per heavy atom. The highest BCUT2D eigenvalue weighted by Crippen LogP contribution is 2.47. The van der Waals surface area contributed by atoms with E-state index in [1.165, 1.54) is 10.5 Å². The smallest absolute Gasteiger partial charge is 0.233 e. The van der Waals surface area contributed by atoms with Crippen molar-refractivity contribution in [3.63, 3.8) is 0 Å². The Balaban J connectivity index is 1.48. The van der Waals surface area contributed by atoms with Gasteiger partial charge in [-0.3, -0.25) is 14.5 Å². The average Bonchev–Trinajstić information content (AvgIpc) is 3.61. The number of pyridine rings is 1. The lowest BCUT2D eigenvalue weighted by molar-refractivity contribution is -0.118. The second kappa shape index (κ2) is 9.50. The van der Waals surface area contributed by atoms with E-state index in [-0.39, 0.29) is 18.8 Å². The third-order valence-electron chi connectivity index (χ3n) is 6.80. The van der Waals surface area contributed by atoms with Crippen LogP contribution in [0.1, 0.15) is 29.9 Å². The van der Waals surface area contributed by atoms with Crippen LogP contribution >= 0.6 is 11.6 Å². The Labute approximate surface area is 225 Å². The van der Waals surface area contributed by atoms with Crippen molar-refractivity contribution in [3.8, 4) is 6.07 Å². The number of amides is 1. The van der Waals surface area contributed by atoms with E-state index in [1.807, 2.05) is 0 Å². The van der Waals surface area contributed by atoms with Crippen LogP contribution in [0.4, 0.5) is 11.4 Å². The summed E-state index contributed by atoms with van der Waals surface area (Å²) in [6, 6.07) is 12.0. The van der Waals surface area contributed by atoms with Gasteiger partial charge >= 0.3 is 0 Å². The summed E-state index contributed by atoms with van der Waals surface area (Å²) >= 11 is 6.23. The molecule has 2 aromatic carbocycles. The first kappa shape index (κ1) is 26.4. The highest BCUT2D eigenvalue weighted by atomic mass is 35.5. The number of benzene rings is 2. The molecule has 10 nitrogen and oxygen atoms in total. The zero-order valence-electron chi connectivity index (χ0n) is 20.3. The predicted octanol–water partition coefficient (Wildman–Crippen LogP) is 3.43. The van der Waals surface area contributed by atoms with Crippen LogP contribution in [-0.4, -0.2) is 50.6 Å². The van der Waals surface area contributed by atoms with E-state index in [1.54, 1.807) is 42.6 Å². The molecule has 2 heterocycles. The molecule has 0 spiro atoms. The maximum atomic E-state index is 13.7. The summed E-state index contributed by atoms with van der Waals surface area (Å²) in [5.41, 5.74) is 1.08. The van der Waals surface area contributed by atoms with E-state index in [9.17, 15) is 26.9 Å². The number of sulfonamides is 2. The summed E-state index contributed by atoms with van der Waals surface area (Å²) in [5, 5.41) is 13.9. The molecule has 1 aromatic heterocycles. The van der Waals surface area contributed by atoms with Crippen LogP contribution in [0.2, 0.25) is 5.02 Å². The van der Waals surface area contributed by atoms with E-state index in [0.717, 1.165) is 6.26 Å². The molecule has 198 valence electrons. The molecule has 38 heavy (non-hydrogen) atoms. The maximum absolute atomic E-state index is 13.7. The lowest BCUT2D eigenvalue weighted by Gasteiger charge is -2.34. The Bertz CT molecular complexity index is 1720. The number of aromatic nitrogens is 1. The molecule has 1 unspecified atom stereocenters. The Morgan fingerprint density at radius 3 is 2.63 bits per heavy atom. The summed E-state index contributed by atoms with van der Waals surface area (Å²) in [6.45, 7) is -0.0292. The molecule has 2 aliphatic rings. The van der Waals surface area contributed by atoms with Crippen molar-refractivity contribution in [2.75, 3.05) is 28.6 Å². The molecule has 2 N–H and O–H groups in total. The number of hydrogen-bond donors (Lipinski definition) is 2. The minimum Gasteiger partial charge on any atom is -0.324 e. The Kier molecular flexibility index (Phi) is 6.59. The first-order valence-electron chi connectivity index (χ1n) is 11.7. The topological polar surface area (TPSA) is 149 Å². The van der Waals surface area contributed by atoms with Crippen LogP contribution in [0.3, 0.4) is 0 Å². The number of nitriles is 1. The highest BCUT2D eigenvalue weighted by Gasteiger charge is 2.49. The summed E-state index contributed by atoms with van der Waals surface area (Å²) in [6.07, 6.45) is 5.15. The normalized spacial score (nSPS) is 18.8. The fourth-order valence-electron chi connectivity index (χ4n) is 4.67. The second-order valence-electron chi connectivity index (χ2n) is 9.82. The van der Waals surface area contributed by atoms with Crippen LogP contribution in [-0.2, 0) is 31.4 Å². The Hall–Kier alpha value is -3.24. The van der Waals surface area contributed by atoms with Crippen molar-refractivity contribution in [3.05, 3.63) is 64.9 Å². The lowest BCUT2D eigenvalue weighted by Crippen LogP contribution is -2.44. The van der Waals surface area contributed by atoms with Crippen molar-refractivity contribution in [2.24, 2.45) is 5.41 Å². The molecule has 5 rings (SSSR count). The highest BCUT2D eigenvalue weighted by molar-refractivity contribution is 7.92. The van der Waals surface area contributed by atoms with Crippen molar-refractivity contribution < 1.29 is 21.6 Å². The van der Waals surface area contributed by atoms with Gasteiger partial charge in [-0.2, -0.15) is 9.57 Å². The fraction of sp³-hybridized carbons (Fsp3) is 0.320. The van der Waals surface area contributed by atoms with Gasteiger partial charge in [0, 0.05) is 40.8 Å². The molecule has 13 heteroatoms. The standard InChI is InChI=1S/C25H24ClN5O5S2/c1-37(33,34)30-19-5-3-16-10-28-11-23(21(16)9-19)29-24(32)22-13-31(12-17-2-4-18(26)8-20(17)22)38(35,36)15-25(14-27)6-7-25/h2-5,8-11,22,30H,6-7,12-13,15H2,1H3,(H,29,32). The number of carbonyl (C=O) groups is 1. The van der Waals surface area contributed by atoms with Crippen molar-refractivity contribution in [1.82, 2.24) is 9.29 Å². The van der Waals surface area contributed by atoms with Gasteiger partial charge in [-0.05, 0) is 48.2 Å². The lowest BCUT2D eigenvalue weighted by atomic mass is 9.90. The zero-order chi connectivity index (χ0) is 27.3. The summed E-state index contributed by atoms with van der Waals surface area (Å²) in [7, 11) is -7.34. The number of halogens is 1. The number of carbonyl (C=O) groups excluding carboxylic acids is 1. The predicted molar refractivity (Wildman–Crippen MR) is 145 cm³/mol. The van der Waals surface area contributed by atoms with Crippen LogP contribution in [0.25, 0.3) is 10.8 Å². The minimum atomic E-state index is -3.82. The van der Waals surface area contributed by atoms with Gasteiger partial charge in [-0.1, -0.05) is 23.7 Å². The molecule has 1 fully saturated rings. The first-order chi connectivity index (χ1) is 17.9. The van der Waals surface area contributed by atoms with Gasteiger partial charge in [-0.25, -0.2) is 16.8 Å². The van der Waals surface area contributed by atoms with Gasteiger partial charge in [0.05, 0.1) is 41.3 Å². The fourth-order valence-corrected chi connectivity index (χ4v) is 7.35. The van der Waals surface area contributed by atoms with Gasteiger partial charge < -0.3 is 5.32 Å². The van der Waals surface area contributed by atoms with Gasteiger partial charge in [0.25, 0.3) is 0 Å². The van der Waals surface area contributed by atoms with Gasteiger partial charge in [0.2, 0.25) is 26.0 Å². The molecule has 1 aliphatic heterocycles. The van der Waals surface area contributed by atoms with Gasteiger partial charge in [0.15, 0.2) is 0 Å². The molecule has 1 aliphatic carbocycles. The van der Waals surface area contributed by atoms with Gasteiger partial charge in [0.1, 0.15) is 0 Å². The minimum absolute atomic E-state index is 0.0798. The molecule has 1 amide bonds. The van der Waals surface area contributed by atoms with Crippen LogP contribution in [0.5, 0.6) is 0 Å². The van der Waals surface area contributed by atoms with Crippen molar-refractivity contribution >= 4 is 59.7 Å². The van der Waals surface area contributed by atoms with E-state index < -0.39 is 37.3 Å². The molecular formula is C25H24ClN5O5S2. The second-order valence-corrected chi connectivity index (χ2v) is 14.0. The third kappa shape index (κ3) is 5.47. The quantitative estimate of drug-likeness (QED) is 0.439. The van der Waals surface area contributed by atoms with Gasteiger partial charge in [-0.15, -0.1) is 0 Å². The monoisotopic (exact) mass is 573 g/mol. The SMILES string of the molecule is CS(=O)(=O)Nc1ccc2cncc(NC(=O)C3CN(S(=O)(=O)CC4(C#N)CC4)Cc4ccc(Cl)cc43)c2c1. The summed E-state index contributed by atoms with van der Waals surface area (Å²) in [5.74, 6) is -1.63. The zero-order valence-corrected chi connectivity index (χ0v) is 22.7. The first-order valence-corrected chi connectivity index (χ1v) is 15.6. The van der Waals surface area contributed by atoms with E-state index in [4.69, 9.17) is 11.6 Å². The maximum Gasteiger partial charge on any atom is 0.233 e. The Morgan fingerprint density at radius 1 is 1.18 bits per heavy atom. The van der Waals surface area contributed by atoms with Crippen LogP contribution in [0.15, 0.2) is 48.8 Å². The third-order valence-corrected chi connectivity index (χ3v) is 9.62. The molecule has 3 aromatic rings. The molecule has 0 bridgehead atoms. The molecular weight excluding hydrogens is 550 g/mol. The van der Waals surface area contributed by atoms with E-state index >= 15 is 0 Å². The van der Waals surface area contributed by atoms with Crippen LogP contribution in [0, 0.1) is 16.7 Å². The molecule has 0 radical (unpaired) electrons. The summed E-state index contributed by atoms with van der Waals surface area (Å²) in [4.78, 5) is 17.8. The number of hydrogen-bond acceptors (Lipinski definition) is 7. The van der Waals surface area contributed by atoms with Crippen LogP contribution < -0.4 is 10.0 Å². The van der Waals surface area contributed by atoms with E-state index in [2.05, 4.69) is 21.1 Å². The largest absolute Gasteiger partial charge is 0.324 e. The van der Waals surface area contributed by atoms with Crippen molar-refractivity contribution in [2.45, 2.75) is 25.3 Å². The molecule has 1 saturated carbocycles. The number of rotatable bonds is 7.